The summed E-state index contributed by atoms with van der Waals surface area (Å²) in [6, 6.07) is 2.20. The molecule has 1 saturated heterocycles. The van der Waals surface area contributed by atoms with Crippen LogP contribution >= 0.6 is 23.1 Å². The minimum absolute atomic E-state index is 0.721. The van der Waals surface area contributed by atoms with Gasteiger partial charge in [0.1, 0.15) is 0 Å². The molecule has 1 fully saturated rings. The molecule has 5 heteroatoms. The van der Waals surface area contributed by atoms with Gasteiger partial charge in [-0.05, 0) is 34.7 Å². The number of thiophene rings is 1. The molecule has 1 atom stereocenters. The molecule has 1 aromatic rings. The topological polar surface area (TPSA) is 27.6 Å². The van der Waals surface area contributed by atoms with Crippen molar-refractivity contribution in [1.29, 1.82) is 0 Å². The first-order valence-corrected chi connectivity index (χ1v) is 9.28. The fourth-order valence-corrected chi connectivity index (χ4v) is 4.36. The van der Waals surface area contributed by atoms with Crippen LogP contribution in [0.1, 0.15) is 19.4 Å². The van der Waals surface area contributed by atoms with Crippen molar-refractivity contribution in [1.82, 2.24) is 10.2 Å². The number of nitrogens with zero attached hydrogens (tertiary/aromatic N) is 2. The molecule has 0 radical (unpaired) electrons. The van der Waals surface area contributed by atoms with Gasteiger partial charge in [0.15, 0.2) is 5.96 Å². The van der Waals surface area contributed by atoms with Crippen molar-refractivity contribution < 1.29 is 0 Å². The van der Waals surface area contributed by atoms with Crippen LogP contribution in [-0.4, -0.2) is 48.5 Å². The third kappa shape index (κ3) is 4.42. The van der Waals surface area contributed by atoms with Gasteiger partial charge >= 0.3 is 0 Å². The van der Waals surface area contributed by atoms with Crippen LogP contribution in [0.15, 0.2) is 21.8 Å². The summed E-state index contributed by atoms with van der Waals surface area (Å²) >= 11 is 3.87. The lowest BCUT2D eigenvalue weighted by Gasteiger charge is -2.36. The van der Waals surface area contributed by atoms with Crippen molar-refractivity contribution in [3.63, 3.8) is 0 Å². The minimum atomic E-state index is 0.721. The molecule has 0 spiro atoms. The average Bonchev–Trinajstić information content (AvgIpc) is 2.97. The van der Waals surface area contributed by atoms with Crippen LogP contribution in [0.5, 0.6) is 0 Å². The lowest BCUT2D eigenvalue weighted by Crippen LogP contribution is -2.49. The Morgan fingerprint density at radius 1 is 1.55 bits per heavy atom. The maximum absolute atomic E-state index is 4.45. The Kier molecular flexibility index (Phi) is 6.23. The molecule has 0 bridgehead atoms. The van der Waals surface area contributed by atoms with Gasteiger partial charge in [0, 0.05) is 37.7 Å². The van der Waals surface area contributed by atoms with Crippen LogP contribution in [0, 0.1) is 5.92 Å². The zero-order valence-electron chi connectivity index (χ0n) is 12.6. The fourth-order valence-electron chi connectivity index (χ4n) is 2.36. The van der Waals surface area contributed by atoms with E-state index in [0.29, 0.717) is 0 Å². The van der Waals surface area contributed by atoms with Crippen LogP contribution in [0.4, 0.5) is 0 Å². The van der Waals surface area contributed by atoms with Crippen molar-refractivity contribution in [2.45, 2.75) is 25.5 Å². The zero-order chi connectivity index (χ0) is 14.4. The van der Waals surface area contributed by atoms with Crippen LogP contribution < -0.4 is 5.32 Å². The van der Waals surface area contributed by atoms with E-state index in [1.807, 2.05) is 7.05 Å². The van der Waals surface area contributed by atoms with E-state index in [1.54, 1.807) is 11.3 Å². The number of aliphatic imine (C=N–C) groups is 1. The second kappa shape index (κ2) is 7.93. The van der Waals surface area contributed by atoms with Gasteiger partial charge in [0.2, 0.25) is 0 Å². The van der Waals surface area contributed by atoms with Crippen molar-refractivity contribution >= 4 is 29.1 Å². The van der Waals surface area contributed by atoms with Crippen molar-refractivity contribution in [3.8, 4) is 0 Å². The Morgan fingerprint density at radius 3 is 3.05 bits per heavy atom. The third-order valence-corrected chi connectivity index (χ3v) is 5.90. The van der Waals surface area contributed by atoms with Crippen LogP contribution in [-0.2, 0) is 6.42 Å². The molecule has 112 valence electrons. The van der Waals surface area contributed by atoms with Crippen molar-refractivity contribution in [3.05, 3.63) is 22.4 Å². The highest BCUT2D eigenvalue weighted by molar-refractivity contribution is 8.00. The van der Waals surface area contributed by atoms with Gasteiger partial charge in [-0.2, -0.15) is 23.1 Å². The maximum Gasteiger partial charge on any atom is 0.193 e. The van der Waals surface area contributed by atoms with E-state index in [4.69, 9.17) is 0 Å². The summed E-state index contributed by atoms with van der Waals surface area (Å²) < 4.78 is 0. The van der Waals surface area contributed by atoms with Gasteiger partial charge in [-0.15, -0.1) is 0 Å². The lowest BCUT2D eigenvalue weighted by molar-refractivity contribution is 0.381. The molecule has 1 N–H and O–H groups in total. The molecule has 1 aliphatic heterocycles. The van der Waals surface area contributed by atoms with Crippen LogP contribution in [0.3, 0.4) is 0 Å². The SMILES string of the molecule is CN=C(NCCc1ccsc1)N1CCSC(C(C)C)C1. The Morgan fingerprint density at radius 2 is 2.40 bits per heavy atom. The third-order valence-electron chi connectivity index (χ3n) is 3.63. The van der Waals surface area contributed by atoms with Gasteiger partial charge < -0.3 is 10.2 Å². The standard InChI is InChI=1S/C15H25N3S2/c1-12(2)14-10-18(7-9-20-14)15(16-3)17-6-4-13-5-8-19-11-13/h5,8,11-12,14H,4,6-7,9-10H2,1-3H3,(H,16,17). The smallest absolute Gasteiger partial charge is 0.193 e. The molecule has 2 heterocycles. The predicted octanol–water partition coefficient (Wildman–Crippen LogP) is 2.94. The quantitative estimate of drug-likeness (QED) is 0.684. The highest BCUT2D eigenvalue weighted by Crippen LogP contribution is 2.24. The monoisotopic (exact) mass is 311 g/mol. The van der Waals surface area contributed by atoms with Gasteiger partial charge in [0.05, 0.1) is 0 Å². The molecule has 3 nitrogen and oxygen atoms in total. The van der Waals surface area contributed by atoms with Crippen molar-refractivity contribution in [2.24, 2.45) is 10.9 Å². The molecule has 0 aromatic carbocycles. The summed E-state index contributed by atoms with van der Waals surface area (Å²) in [4.78, 5) is 6.86. The molecule has 0 saturated carbocycles. The van der Waals surface area contributed by atoms with E-state index in [9.17, 15) is 0 Å². The van der Waals surface area contributed by atoms with Crippen LogP contribution in [0.2, 0.25) is 0 Å². The Hall–Kier alpha value is -0.680. The van der Waals surface area contributed by atoms with E-state index >= 15 is 0 Å². The van der Waals surface area contributed by atoms with Crippen LogP contribution in [0.25, 0.3) is 0 Å². The summed E-state index contributed by atoms with van der Waals surface area (Å²) in [6.07, 6.45) is 1.07. The first-order chi connectivity index (χ1) is 9.70. The fraction of sp³-hybridized carbons (Fsp3) is 0.667. The summed E-state index contributed by atoms with van der Waals surface area (Å²) in [6.45, 7) is 7.80. The molecule has 0 aliphatic carbocycles. The largest absolute Gasteiger partial charge is 0.356 e. The van der Waals surface area contributed by atoms with E-state index < -0.39 is 0 Å². The highest BCUT2D eigenvalue weighted by atomic mass is 32.2. The molecule has 0 amide bonds. The Bertz CT molecular complexity index is 415. The normalized spacial score (nSPS) is 20.5. The van der Waals surface area contributed by atoms with Crippen molar-refractivity contribution in [2.75, 3.05) is 32.4 Å². The summed E-state index contributed by atoms with van der Waals surface area (Å²) in [5.74, 6) is 2.99. The minimum Gasteiger partial charge on any atom is -0.356 e. The van der Waals surface area contributed by atoms with E-state index in [2.05, 4.69) is 57.6 Å². The number of rotatable bonds is 4. The second-order valence-electron chi connectivity index (χ2n) is 5.45. The van der Waals surface area contributed by atoms with E-state index in [-0.39, 0.29) is 0 Å². The maximum atomic E-state index is 4.45. The second-order valence-corrected chi connectivity index (χ2v) is 7.58. The molecule has 1 unspecified atom stereocenters. The molecule has 20 heavy (non-hydrogen) atoms. The predicted molar refractivity (Wildman–Crippen MR) is 92.0 cm³/mol. The molecular formula is C15H25N3S2. The number of nitrogens with one attached hydrogen (secondary N) is 1. The number of hydrogen-bond donors (Lipinski definition) is 1. The van der Waals surface area contributed by atoms with E-state index in [0.717, 1.165) is 43.2 Å². The molecular weight excluding hydrogens is 286 g/mol. The summed E-state index contributed by atoms with van der Waals surface area (Å²) in [5.41, 5.74) is 1.41. The van der Waals surface area contributed by atoms with Gasteiger partial charge in [-0.25, -0.2) is 0 Å². The first-order valence-electron chi connectivity index (χ1n) is 7.29. The molecule has 1 aromatic heterocycles. The molecule has 2 rings (SSSR count). The highest BCUT2D eigenvalue weighted by Gasteiger charge is 2.24. The Labute approximate surface area is 130 Å². The Balaban J connectivity index is 1.82. The van der Waals surface area contributed by atoms with Gasteiger partial charge in [0.25, 0.3) is 0 Å². The lowest BCUT2D eigenvalue weighted by atomic mass is 10.1. The van der Waals surface area contributed by atoms with Gasteiger partial charge in [-0.3, -0.25) is 4.99 Å². The zero-order valence-corrected chi connectivity index (χ0v) is 14.3. The molecule has 1 aliphatic rings. The number of hydrogen-bond acceptors (Lipinski definition) is 3. The summed E-state index contributed by atoms with van der Waals surface area (Å²) in [7, 11) is 1.89. The van der Waals surface area contributed by atoms with Gasteiger partial charge in [-0.1, -0.05) is 13.8 Å². The summed E-state index contributed by atoms with van der Waals surface area (Å²) in [5, 5.41) is 8.59. The number of thioether (sulfide) groups is 1. The average molecular weight is 312 g/mol. The number of guanidine groups is 1. The van der Waals surface area contributed by atoms with E-state index in [1.165, 1.54) is 11.3 Å². The first kappa shape index (κ1) is 15.7.